The second kappa shape index (κ2) is 4.40. The van der Waals surface area contributed by atoms with E-state index in [0.717, 1.165) is 0 Å². The van der Waals surface area contributed by atoms with Gasteiger partial charge in [0.25, 0.3) is 6.47 Å². The van der Waals surface area contributed by atoms with Crippen molar-refractivity contribution >= 4 is 18.7 Å². The highest BCUT2D eigenvalue weighted by molar-refractivity contribution is 5.78. The Balaban J connectivity index is 4.11. The smallest absolute Gasteiger partial charge is 0.336 e. The Morgan fingerprint density at radius 1 is 1.45 bits per heavy atom. The lowest BCUT2D eigenvalue weighted by atomic mass is 10.2. The molecule has 2 unspecified atom stereocenters. The Bertz CT molecular complexity index is 164. The second-order valence-electron chi connectivity index (χ2n) is 1.62. The molecular weight excluding hydrogens is 156 g/mol. The Labute approximate surface area is 61.4 Å². The highest BCUT2D eigenvalue weighted by atomic mass is 16.5. The minimum Gasteiger partial charge on any atom is -0.479 e. The summed E-state index contributed by atoms with van der Waals surface area (Å²) >= 11 is 0. The van der Waals surface area contributed by atoms with Crippen LogP contribution in [0.2, 0.25) is 0 Å². The zero-order chi connectivity index (χ0) is 8.85. The summed E-state index contributed by atoms with van der Waals surface area (Å²) in [5.41, 5.74) is 0. The first-order valence-electron chi connectivity index (χ1n) is 2.58. The van der Waals surface area contributed by atoms with Gasteiger partial charge in [0.2, 0.25) is 0 Å². The van der Waals surface area contributed by atoms with Gasteiger partial charge in [0.15, 0.2) is 18.5 Å². The molecule has 11 heavy (non-hydrogen) atoms. The van der Waals surface area contributed by atoms with Crippen molar-refractivity contribution in [2.75, 3.05) is 0 Å². The number of rotatable bonds is 5. The molecule has 0 aliphatic carbocycles. The number of hydrogen-bond donors (Lipinski definition) is 2. The summed E-state index contributed by atoms with van der Waals surface area (Å²) < 4.78 is 3.93. The van der Waals surface area contributed by atoms with Crippen molar-refractivity contribution in [3.8, 4) is 0 Å². The van der Waals surface area contributed by atoms with Crippen LogP contribution in [0.5, 0.6) is 0 Å². The van der Waals surface area contributed by atoms with Crippen molar-refractivity contribution in [2.24, 2.45) is 0 Å². The first-order valence-corrected chi connectivity index (χ1v) is 2.58. The Hall–Kier alpha value is -1.43. The van der Waals surface area contributed by atoms with Crippen LogP contribution in [0.3, 0.4) is 0 Å². The van der Waals surface area contributed by atoms with E-state index in [1.54, 1.807) is 0 Å². The van der Waals surface area contributed by atoms with Crippen molar-refractivity contribution in [1.29, 1.82) is 0 Å². The first-order chi connectivity index (χ1) is 5.13. The van der Waals surface area contributed by atoms with E-state index in [1.165, 1.54) is 0 Å². The van der Waals surface area contributed by atoms with Crippen LogP contribution < -0.4 is 0 Å². The number of carbonyl (C=O) groups excluding carboxylic acids is 2. The molecule has 0 rings (SSSR count). The first kappa shape index (κ1) is 9.57. The van der Waals surface area contributed by atoms with Crippen LogP contribution in [0, 0.1) is 0 Å². The van der Waals surface area contributed by atoms with Gasteiger partial charge in [-0.3, -0.25) is 9.59 Å². The van der Waals surface area contributed by atoms with Crippen LogP contribution >= 0.6 is 0 Å². The number of carboxylic acid groups (broad SMARTS) is 1. The van der Waals surface area contributed by atoms with Crippen LogP contribution in [0.25, 0.3) is 0 Å². The molecule has 0 amide bonds. The predicted octanol–water partition coefficient (Wildman–Crippen LogP) is -1.83. The van der Waals surface area contributed by atoms with Gasteiger partial charge in [0, 0.05) is 0 Å². The molecule has 0 fully saturated rings. The highest BCUT2D eigenvalue weighted by Crippen LogP contribution is 1.94. The molecule has 0 aliphatic rings. The lowest BCUT2D eigenvalue weighted by molar-refractivity contribution is -0.160. The Morgan fingerprint density at radius 3 is 2.27 bits per heavy atom. The molecule has 0 aromatic rings. The van der Waals surface area contributed by atoms with E-state index in [4.69, 9.17) is 10.2 Å². The number of aliphatic hydroxyl groups excluding tert-OH is 1. The van der Waals surface area contributed by atoms with E-state index >= 15 is 0 Å². The van der Waals surface area contributed by atoms with Crippen molar-refractivity contribution in [3.05, 3.63) is 0 Å². The number of carbonyl (C=O) groups is 3. The number of ether oxygens (including phenoxy) is 1. The van der Waals surface area contributed by atoms with Gasteiger partial charge in [-0.2, -0.15) is 0 Å². The average molecular weight is 162 g/mol. The number of aldehydes is 1. The molecular formula is C5H6O6. The normalized spacial score (nSPS) is 14.6. The molecule has 0 heterocycles. The number of hydrogen-bond acceptors (Lipinski definition) is 5. The SMILES string of the molecule is O=COC(C=O)C(O)C(=O)O. The number of aliphatic hydroxyl groups is 1. The lowest BCUT2D eigenvalue weighted by Crippen LogP contribution is -2.36. The molecule has 2 N–H and O–H groups in total. The third-order valence-corrected chi connectivity index (χ3v) is 0.911. The van der Waals surface area contributed by atoms with E-state index in [2.05, 4.69) is 4.74 Å². The Kier molecular flexibility index (Phi) is 3.82. The fourth-order valence-corrected chi connectivity index (χ4v) is 0.386. The van der Waals surface area contributed by atoms with E-state index in [9.17, 15) is 14.4 Å². The van der Waals surface area contributed by atoms with Gasteiger partial charge in [-0.25, -0.2) is 4.79 Å². The summed E-state index contributed by atoms with van der Waals surface area (Å²) in [7, 11) is 0. The zero-order valence-electron chi connectivity index (χ0n) is 5.34. The summed E-state index contributed by atoms with van der Waals surface area (Å²) in [6.07, 6.45) is -3.60. The summed E-state index contributed by atoms with van der Waals surface area (Å²) in [4.78, 5) is 29.5. The van der Waals surface area contributed by atoms with Gasteiger partial charge in [-0.1, -0.05) is 0 Å². The maximum atomic E-state index is 9.97. The molecule has 0 aromatic carbocycles. The molecule has 0 bridgehead atoms. The molecule has 2 atom stereocenters. The maximum Gasteiger partial charge on any atom is 0.336 e. The average Bonchev–Trinajstić information content (AvgIpc) is 1.98. The fourth-order valence-electron chi connectivity index (χ4n) is 0.386. The summed E-state index contributed by atoms with van der Waals surface area (Å²) in [6.45, 7) is -0.106. The van der Waals surface area contributed by atoms with E-state index in [1.807, 2.05) is 0 Å². The highest BCUT2D eigenvalue weighted by Gasteiger charge is 2.26. The molecule has 0 spiro atoms. The summed E-state index contributed by atoms with van der Waals surface area (Å²) in [5.74, 6) is -1.62. The second-order valence-corrected chi connectivity index (χ2v) is 1.62. The Morgan fingerprint density at radius 2 is 2.00 bits per heavy atom. The minimum atomic E-state index is -2.00. The molecule has 0 saturated carbocycles. The van der Waals surface area contributed by atoms with Crippen LogP contribution in [0.15, 0.2) is 0 Å². The topological polar surface area (TPSA) is 101 Å². The van der Waals surface area contributed by atoms with Gasteiger partial charge >= 0.3 is 5.97 Å². The van der Waals surface area contributed by atoms with E-state index in [-0.39, 0.29) is 12.8 Å². The molecule has 0 radical (unpaired) electrons. The van der Waals surface area contributed by atoms with Gasteiger partial charge in [-0.15, -0.1) is 0 Å². The van der Waals surface area contributed by atoms with Gasteiger partial charge in [0.1, 0.15) is 0 Å². The standard InChI is InChI=1S/C5H6O6/c6-1-3(11-2-7)4(8)5(9)10/h1-4,8H,(H,9,10). The monoisotopic (exact) mass is 162 g/mol. The van der Waals surface area contributed by atoms with Crippen molar-refractivity contribution < 1.29 is 29.3 Å². The number of aliphatic carboxylic acids is 1. The van der Waals surface area contributed by atoms with E-state index in [0.29, 0.717) is 0 Å². The third kappa shape index (κ3) is 2.76. The molecule has 62 valence electrons. The summed E-state index contributed by atoms with van der Waals surface area (Å²) in [5, 5.41) is 16.7. The van der Waals surface area contributed by atoms with Crippen LogP contribution in [0.1, 0.15) is 0 Å². The van der Waals surface area contributed by atoms with Crippen molar-refractivity contribution in [2.45, 2.75) is 12.2 Å². The predicted molar refractivity (Wildman–Crippen MR) is 30.6 cm³/mol. The minimum absolute atomic E-state index is 0.0349. The molecule has 0 aromatic heterocycles. The van der Waals surface area contributed by atoms with E-state index < -0.39 is 18.2 Å². The van der Waals surface area contributed by atoms with Gasteiger partial charge < -0.3 is 14.9 Å². The zero-order valence-corrected chi connectivity index (χ0v) is 5.34. The van der Waals surface area contributed by atoms with Crippen molar-refractivity contribution in [3.63, 3.8) is 0 Å². The van der Waals surface area contributed by atoms with Gasteiger partial charge in [-0.05, 0) is 0 Å². The lowest BCUT2D eigenvalue weighted by Gasteiger charge is -2.10. The molecule has 0 aliphatic heterocycles. The van der Waals surface area contributed by atoms with Crippen LogP contribution in [-0.2, 0) is 19.1 Å². The molecule has 6 heteroatoms. The third-order valence-electron chi connectivity index (χ3n) is 0.911. The molecule has 0 saturated heterocycles. The molecule has 6 nitrogen and oxygen atoms in total. The largest absolute Gasteiger partial charge is 0.479 e. The van der Waals surface area contributed by atoms with Crippen LogP contribution in [-0.4, -0.2) is 41.1 Å². The fraction of sp³-hybridized carbons (Fsp3) is 0.400. The van der Waals surface area contributed by atoms with Crippen LogP contribution in [0.4, 0.5) is 0 Å². The quantitative estimate of drug-likeness (QED) is 0.461. The van der Waals surface area contributed by atoms with Crippen molar-refractivity contribution in [1.82, 2.24) is 0 Å². The maximum absolute atomic E-state index is 9.97. The van der Waals surface area contributed by atoms with Gasteiger partial charge in [0.05, 0.1) is 0 Å². The summed E-state index contributed by atoms with van der Waals surface area (Å²) in [6, 6.07) is 0. The number of carboxylic acids is 1.